The number of ether oxygens (including phenoxy) is 2. The summed E-state index contributed by atoms with van der Waals surface area (Å²) < 4.78 is 10.7. The van der Waals surface area contributed by atoms with Crippen LogP contribution in [0.4, 0.5) is 10.5 Å². The molecule has 0 aromatic heterocycles. The van der Waals surface area contributed by atoms with Gasteiger partial charge < -0.3 is 24.6 Å². The summed E-state index contributed by atoms with van der Waals surface area (Å²) in [5.74, 6) is -0.577. The molecule has 0 saturated heterocycles. The van der Waals surface area contributed by atoms with Gasteiger partial charge in [0.05, 0.1) is 19.6 Å². The molecule has 3 amide bonds. The molecule has 1 atom stereocenters. The highest BCUT2D eigenvalue weighted by Crippen LogP contribution is 2.19. The minimum Gasteiger partial charge on any atom is -0.449 e. The van der Waals surface area contributed by atoms with Crippen LogP contribution in [-0.4, -0.2) is 87.2 Å². The van der Waals surface area contributed by atoms with Crippen molar-refractivity contribution in [2.75, 3.05) is 51.9 Å². The summed E-state index contributed by atoms with van der Waals surface area (Å²) in [5, 5.41) is 2.75. The Balaban J connectivity index is 2.18. The van der Waals surface area contributed by atoms with E-state index in [1.54, 1.807) is 38.4 Å². The quantitative estimate of drug-likeness (QED) is 0.115. The van der Waals surface area contributed by atoms with Crippen LogP contribution in [0.25, 0.3) is 0 Å². The van der Waals surface area contributed by atoms with E-state index in [2.05, 4.69) is 12.2 Å². The highest BCUT2D eigenvalue weighted by atomic mass is 16.5. The molecule has 0 spiro atoms. The molecule has 1 N–H and O–H groups in total. The molecule has 1 unspecified atom stereocenters. The van der Waals surface area contributed by atoms with Crippen LogP contribution in [0.2, 0.25) is 0 Å². The largest absolute Gasteiger partial charge is 0.449 e. The number of unbranched alkanes of at least 4 members (excludes halogenated alkanes) is 3. The zero-order valence-electron chi connectivity index (χ0n) is 28.6. The second-order valence-electron chi connectivity index (χ2n) is 11.7. The fourth-order valence-corrected chi connectivity index (χ4v) is 4.84. The number of rotatable bonds is 25. The molecular weight excluding hydrogens is 590 g/mol. The molecule has 0 aliphatic heterocycles. The monoisotopic (exact) mass is 645 g/mol. The van der Waals surface area contributed by atoms with Gasteiger partial charge in [0.15, 0.2) is 0 Å². The van der Waals surface area contributed by atoms with Gasteiger partial charge >= 0.3 is 6.09 Å². The van der Waals surface area contributed by atoms with Crippen LogP contribution in [0, 0.1) is 5.92 Å². The fraction of sp³-hybridized carbons (Fsp3) is 0.657. The topological polar surface area (TPSA) is 139 Å². The average molecular weight is 646 g/mol. The van der Waals surface area contributed by atoms with Crippen LogP contribution in [0.5, 0.6) is 0 Å². The summed E-state index contributed by atoms with van der Waals surface area (Å²) >= 11 is 0. The van der Waals surface area contributed by atoms with Crippen molar-refractivity contribution in [3.63, 3.8) is 0 Å². The molecule has 258 valence electrons. The van der Waals surface area contributed by atoms with Crippen molar-refractivity contribution in [1.82, 2.24) is 10.2 Å². The molecular formula is C35H55N3O8. The summed E-state index contributed by atoms with van der Waals surface area (Å²) in [6, 6.07) is 6.86. The first-order valence-electron chi connectivity index (χ1n) is 16.6. The number of nitrogens with one attached hydrogen (secondary N) is 1. The maximum absolute atomic E-state index is 12.6. The first kappa shape index (κ1) is 40.4. The minimum absolute atomic E-state index is 0.0974. The van der Waals surface area contributed by atoms with E-state index in [0.29, 0.717) is 44.0 Å². The van der Waals surface area contributed by atoms with E-state index in [9.17, 15) is 28.8 Å². The van der Waals surface area contributed by atoms with Crippen molar-refractivity contribution in [2.45, 2.75) is 97.8 Å². The second kappa shape index (κ2) is 23.7. The Morgan fingerprint density at radius 3 is 2.11 bits per heavy atom. The minimum atomic E-state index is -0.472. The molecule has 1 rings (SSSR count). The number of Topliss-reactive ketones (excluding diaryl/α,β-unsaturated/α-hetero) is 3. The van der Waals surface area contributed by atoms with E-state index in [1.807, 2.05) is 6.92 Å². The highest BCUT2D eigenvalue weighted by molar-refractivity contribution is 6.04. The van der Waals surface area contributed by atoms with Gasteiger partial charge in [0.1, 0.15) is 23.8 Å². The average Bonchev–Trinajstić information content (AvgIpc) is 3.02. The lowest BCUT2D eigenvalue weighted by atomic mass is 9.90. The third kappa shape index (κ3) is 17.8. The van der Waals surface area contributed by atoms with E-state index < -0.39 is 6.09 Å². The maximum atomic E-state index is 12.6. The number of carbonyl (C=O) groups excluding carboxylic acids is 6. The lowest BCUT2D eigenvalue weighted by molar-refractivity contribution is -0.135. The Hall–Kier alpha value is -3.60. The molecule has 46 heavy (non-hydrogen) atoms. The number of alkyl carbamates (subject to hydrolysis) is 1. The predicted octanol–water partition coefficient (Wildman–Crippen LogP) is 5.07. The number of benzene rings is 1. The Bertz CT molecular complexity index is 1110. The smallest absolute Gasteiger partial charge is 0.407 e. The summed E-state index contributed by atoms with van der Waals surface area (Å²) in [6.07, 6.45) is 7.26. The summed E-state index contributed by atoms with van der Waals surface area (Å²) in [7, 11) is 3.19. The number of carbonyl (C=O) groups is 6. The summed E-state index contributed by atoms with van der Waals surface area (Å²) in [6.45, 7) is 7.12. The van der Waals surface area contributed by atoms with Gasteiger partial charge in [-0.1, -0.05) is 51.7 Å². The van der Waals surface area contributed by atoms with E-state index in [0.717, 1.165) is 50.5 Å². The Morgan fingerprint density at radius 1 is 0.804 bits per heavy atom. The van der Waals surface area contributed by atoms with E-state index in [-0.39, 0.29) is 61.8 Å². The molecule has 11 nitrogen and oxygen atoms in total. The fourth-order valence-electron chi connectivity index (χ4n) is 4.84. The van der Waals surface area contributed by atoms with Gasteiger partial charge in [0.25, 0.3) is 0 Å². The van der Waals surface area contributed by atoms with Crippen molar-refractivity contribution >= 4 is 40.9 Å². The Morgan fingerprint density at radius 2 is 1.48 bits per heavy atom. The molecule has 11 heteroatoms. The van der Waals surface area contributed by atoms with Gasteiger partial charge in [-0.2, -0.15) is 0 Å². The third-order valence-electron chi connectivity index (χ3n) is 7.72. The van der Waals surface area contributed by atoms with Crippen LogP contribution in [0.15, 0.2) is 24.3 Å². The number of ketones is 3. The molecule has 0 saturated carbocycles. The van der Waals surface area contributed by atoms with E-state index in [4.69, 9.17) is 9.47 Å². The SMILES string of the molecule is CCCCCC(CCCCNC(=O)OCCCOCCN(C)C(=O)CC(=O)N(C)c1ccc(CC(=O)CC(C)=O)cc1)C(=O)CC. The standard InChI is InChI=1S/C35H55N3O8/c1-6-8-9-13-29(32(41)7-2)14-10-11-19-36-35(44)46-22-12-21-45-23-20-37(4)33(42)26-34(43)38(5)30-17-15-28(16-18-30)25-31(40)24-27(3)39/h15-18,29H,6-14,19-26H2,1-5H3,(H,36,44). The van der Waals surface area contributed by atoms with Gasteiger partial charge in [0, 0.05) is 64.7 Å². The van der Waals surface area contributed by atoms with Crippen molar-refractivity contribution < 1.29 is 38.2 Å². The maximum Gasteiger partial charge on any atom is 0.407 e. The number of anilines is 1. The molecule has 0 aliphatic rings. The van der Waals surface area contributed by atoms with Gasteiger partial charge in [-0.3, -0.25) is 24.0 Å². The summed E-state index contributed by atoms with van der Waals surface area (Å²) in [5.41, 5.74) is 1.34. The van der Waals surface area contributed by atoms with Gasteiger partial charge in [-0.25, -0.2) is 4.79 Å². The number of nitrogens with zero attached hydrogens (tertiary/aromatic N) is 2. The molecule has 0 aliphatic carbocycles. The number of hydrogen-bond donors (Lipinski definition) is 1. The van der Waals surface area contributed by atoms with Crippen LogP contribution in [-0.2, 0) is 39.9 Å². The molecule has 1 aromatic rings. The van der Waals surface area contributed by atoms with Gasteiger partial charge in [0.2, 0.25) is 11.8 Å². The Kier molecular flexibility index (Phi) is 20.8. The molecule has 0 fully saturated rings. The van der Waals surface area contributed by atoms with Crippen LogP contribution in [0.1, 0.15) is 97.0 Å². The molecule has 0 radical (unpaired) electrons. The lowest BCUT2D eigenvalue weighted by Crippen LogP contribution is -2.36. The van der Waals surface area contributed by atoms with Crippen LogP contribution >= 0.6 is 0 Å². The number of amides is 3. The first-order chi connectivity index (χ1) is 22.0. The lowest BCUT2D eigenvalue weighted by Gasteiger charge is -2.21. The van der Waals surface area contributed by atoms with Crippen molar-refractivity contribution in [3.05, 3.63) is 29.8 Å². The van der Waals surface area contributed by atoms with Gasteiger partial charge in [-0.15, -0.1) is 0 Å². The molecule has 0 bridgehead atoms. The zero-order valence-corrected chi connectivity index (χ0v) is 28.6. The van der Waals surface area contributed by atoms with Gasteiger partial charge in [-0.05, 0) is 43.9 Å². The van der Waals surface area contributed by atoms with E-state index in [1.165, 1.54) is 16.7 Å². The number of hydrogen-bond acceptors (Lipinski definition) is 8. The number of likely N-dealkylation sites (N-methyl/N-ethyl adjacent to an activating group) is 1. The van der Waals surface area contributed by atoms with Crippen molar-refractivity contribution in [2.24, 2.45) is 5.92 Å². The molecule has 0 heterocycles. The predicted molar refractivity (Wildman–Crippen MR) is 178 cm³/mol. The first-order valence-corrected chi connectivity index (χ1v) is 16.6. The van der Waals surface area contributed by atoms with Crippen LogP contribution in [0.3, 0.4) is 0 Å². The second-order valence-corrected chi connectivity index (χ2v) is 11.7. The summed E-state index contributed by atoms with van der Waals surface area (Å²) in [4.78, 5) is 75.0. The van der Waals surface area contributed by atoms with Crippen molar-refractivity contribution in [3.8, 4) is 0 Å². The zero-order chi connectivity index (χ0) is 34.3. The molecule has 1 aromatic carbocycles. The van der Waals surface area contributed by atoms with Crippen molar-refractivity contribution in [1.29, 1.82) is 0 Å². The Labute approximate surface area is 274 Å². The normalized spacial score (nSPS) is 11.4. The third-order valence-corrected chi connectivity index (χ3v) is 7.72. The highest BCUT2D eigenvalue weighted by Gasteiger charge is 2.19. The van der Waals surface area contributed by atoms with E-state index >= 15 is 0 Å². The van der Waals surface area contributed by atoms with Crippen LogP contribution < -0.4 is 10.2 Å².